The van der Waals surface area contributed by atoms with Crippen LogP contribution in [0.4, 0.5) is 11.4 Å². The summed E-state index contributed by atoms with van der Waals surface area (Å²) in [6, 6.07) is 4.53. The summed E-state index contributed by atoms with van der Waals surface area (Å²) in [5, 5.41) is 13.9. The number of carbonyl (C=O) groups excluding carboxylic acids is 1. The van der Waals surface area contributed by atoms with Crippen LogP contribution in [-0.2, 0) is 4.74 Å². The molecule has 2 rings (SSSR count). The van der Waals surface area contributed by atoms with E-state index < -0.39 is 4.92 Å². The van der Waals surface area contributed by atoms with Gasteiger partial charge in [-0.25, -0.2) is 0 Å². The highest BCUT2D eigenvalue weighted by atomic mass is 16.6. The number of hydrogen-bond acceptors (Lipinski definition) is 5. The molecule has 0 bridgehead atoms. The molecule has 1 amide bonds. The molecule has 0 atom stereocenters. The van der Waals surface area contributed by atoms with Crippen molar-refractivity contribution in [2.24, 2.45) is 0 Å². The largest absolute Gasteiger partial charge is 0.381 e. The summed E-state index contributed by atoms with van der Waals surface area (Å²) in [6.07, 6.45) is 5.02. The summed E-state index contributed by atoms with van der Waals surface area (Å²) in [4.78, 5) is 25.2. The number of hydrogen-bond donors (Lipinski definition) is 1. The Hall–Kier alpha value is -2.15. The van der Waals surface area contributed by atoms with Crippen LogP contribution >= 0.6 is 0 Å². The normalized spacial score (nSPS) is 13.9. The number of rotatable bonds is 10. The van der Waals surface area contributed by atoms with Gasteiger partial charge in [0.15, 0.2) is 0 Å². The number of nitrogens with one attached hydrogen (secondary N) is 1. The van der Waals surface area contributed by atoms with E-state index in [-0.39, 0.29) is 11.6 Å². The molecule has 1 aromatic carbocycles. The number of unbranched alkanes of at least 4 members (excludes halogenated alkanes) is 1. The molecule has 0 aliphatic carbocycles. The van der Waals surface area contributed by atoms with Gasteiger partial charge in [0.1, 0.15) is 0 Å². The monoisotopic (exact) mass is 349 g/mol. The Morgan fingerprint density at radius 2 is 2.00 bits per heavy atom. The highest BCUT2D eigenvalue weighted by molar-refractivity contribution is 6.00. The average molecular weight is 349 g/mol. The van der Waals surface area contributed by atoms with Crippen LogP contribution in [0, 0.1) is 10.1 Å². The van der Waals surface area contributed by atoms with Crippen LogP contribution in [-0.4, -0.2) is 43.7 Å². The van der Waals surface area contributed by atoms with Crippen LogP contribution in [0.3, 0.4) is 0 Å². The van der Waals surface area contributed by atoms with Gasteiger partial charge in [-0.15, -0.1) is 0 Å². The predicted octanol–water partition coefficient (Wildman–Crippen LogP) is 3.13. The van der Waals surface area contributed by atoms with Gasteiger partial charge >= 0.3 is 0 Å². The molecule has 7 heteroatoms. The van der Waals surface area contributed by atoms with Crippen molar-refractivity contribution in [3.8, 4) is 0 Å². The fraction of sp³-hybridized carbons (Fsp3) is 0.611. The first-order valence-corrected chi connectivity index (χ1v) is 9.02. The van der Waals surface area contributed by atoms with Crippen LogP contribution in [0.5, 0.6) is 0 Å². The summed E-state index contributed by atoms with van der Waals surface area (Å²) in [6.45, 7) is 5.71. The summed E-state index contributed by atoms with van der Waals surface area (Å²) < 4.78 is 5.47. The Morgan fingerprint density at radius 3 is 2.68 bits per heavy atom. The zero-order chi connectivity index (χ0) is 18.1. The third-order valence-electron chi connectivity index (χ3n) is 4.28. The predicted molar refractivity (Wildman–Crippen MR) is 97.2 cm³/mol. The van der Waals surface area contributed by atoms with E-state index in [0.29, 0.717) is 18.7 Å². The number of ether oxygens (including phenoxy) is 1. The molecule has 1 N–H and O–H groups in total. The summed E-state index contributed by atoms with van der Waals surface area (Å²) in [5.74, 6) is -0.265. The molecule has 0 aromatic heterocycles. The Morgan fingerprint density at radius 1 is 1.28 bits per heavy atom. The standard InChI is InChI=1S/C18H27N3O4/c1-2-3-12-25-13-6-9-19-18(22)16-14-15(21(23)24)7-8-17(16)20-10-4-5-11-20/h7-8,14H,2-6,9-13H2,1H3,(H,19,22). The van der Waals surface area contributed by atoms with Gasteiger partial charge in [0.25, 0.3) is 11.6 Å². The Balaban J connectivity index is 1.96. The van der Waals surface area contributed by atoms with Gasteiger partial charge in [-0.1, -0.05) is 13.3 Å². The minimum absolute atomic E-state index is 0.0593. The molecule has 0 saturated carbocycles. The van der Waals surface area contributed by atoms with Crippen molar-refractivity contribution in [3.05, 3.63) is 33.9 Å². The van der Waals surface area contributed by atoms with Crippen LogP contribution in [0.15, 0.2) is 18.2 Å². The topological polar surface area (TPSA) is 84.7 Å². The van der Waals surface area contributed by atoms with Gasteiger partial charge in [-0.3, -0.25) is 14.9 Å². The summed E-state index contributed by atoms with van der Waals surface area (Å²) in [5.41, 5.74) is 1.10. The van der Waals surface area contributed by atoms with Crippen molar-refractivity contribution < 1.29 is 14.5 Å². The molecule has 0 unspecified atom stereocenters. The molecule has 1 heterocycles. The Labute approximate surface area is 148 Å². The molecule has 1 aliphatic heterocycles. The Bertz CT molecular complexity index is 586. The third-order valence-corrected chi connectivity index (χ3v) is 4.28. The number of non-ortho nitro benzene ring substituents is 1. The van der Waals surface area contributed by atoms with E-state index in [4.69, 9.17) is 4.74 Å². The van der Waals surface area contributed by atoms with Crippen molar-refractivity contribution >= 4 is 17.3 Å². The Kier molecular flexibility index (Phi) is 7.66. The van der Waals surface area contributed by atoms with E-state index in [2.05, 4.69) is 17.1 Å². The molecule has 1 fully saturated rings. The highest BCUT2D eigenvalue weighted by Crippen LogP contribution is 2.28. The van der Waals surface area contributed by atoms with E-state index in [1.165, 1.54) is 12.1 Å². The van der Waals surface area contributed by atoms with Crippen LogP contribution < -0.4 is 10.2 Å². The molecular formula is C18H27N3O4. The molecule has 0 spiro atoms. The maximum absolute atomic E-state index is 12.5. The molecule has 1 aromatic rings. The van der Waals surface area contributed by atoms with E-state index in [0.717, 1.165) is 57.5 Å². The van der Waals surface area contributed by atoms with Gasteiger partial charge in [0.2, 0.25) is 0 Å². The van der Waals surface area contributed by atoms with E-state index in [1.807, 2.05) is 0 Å². The lowest BCUT2D eigenvalue weighted by molar-refractivity contribution is -0.384. The van der Waals surface area contributed by atoms with Crippen LogP contribution in [0.2, 0.25) is 0 Å². The zero-order valence-corrected chi connectivity index (χ0v) is 14.8. The number of nitrogens with zero attached hydrogens (tertiary/aromatic N) is 2. The molecular weight excluding hydrogens is 322 g/mol. The number of carbonyl (C=O) groups is 1. The lowest BCUT2D eigenvalue weighted by Gasteiger charge is -2.20. The second-order valence-electron chi connectivity index (χ2n) is 6.23. The van der Waals surface area contributed by atoms with Gasteiger partial charge in [-0.2, -0.15) is 0 Å². The molecule has 25 heavy (non-hydrogen) atoms. The lowest BCUT2D eigenvalue weighted by atomic mass is 10.1. The second kappa shape index (κ2) is 9.98. The van der Waals surface area contributed by atoms with E-state index >= 15 is 0 Å². The lowest BCUT2D eigenvalue weighted by Crippen LogP contribution is -2.28. The minimum Gasteiger partial charge on any atom is -0.381 e. The minimum atomic E-state index is -0.466. The van der Waals surface area contributed by atoms with Crippen LogP contribution in [0.1, 0.15) is 49.4 Å². The number of nitro benzene ring substituents is 1. The second-order valence-corrected chi connectivity index (χ2v) is 6.23. The molecule has 1 saturated heterocycles. The van der Waals surface area contributed by atoms with E-state index in [1.54, 1.807) is 6.07 Å². The SMILES string of the molecule is CCCCOCCCNC(=O)c1cc([N+](=O)[O-])ccc1N1CCCC1. The quantitative estimate of drug-likeness (QED) is 0.398. The first-order valence-electron chi connectivity index (χ1n) is 9.02. The van der Waals surface area contributed by atoms with Crippen molar-refractivity contribution in [1.29, 1.82) is 0 Å². The first-order chi connectivity index (χ1) is 12.1. The zero-order valence-electron chi connectivity index (χ0n) is 14.8. The summed E-state index contributed by atoms with van der Waals surface area (Å²) >= 11 is 0. The van der Waals surface area contributed by atoms with Crippen molar-refractivity contribution in [3.63, 3.8) is 0 Å². The van der Waals surface area contributed by atoms with Crippen molar-refractivity contribution in [2.45, 2.75) is 39.0 Å². The fourth-order valence-corrected chi connectivity index (χ4v) is 2.87. The molecule has 138 valence electrons. The number of amides is 1. The first kappa shape index (κ1) is 19.2. The maximum atomic E-state index is 12.5. The maximum Gasteiger partial charge on any atom is 0.270 e. The molecule has 1 aliphatic rings. The van der Waals surface area contributed by atoms with Crippen molar-refractivity contribution in [1.82, 2.24) is 5.32 Å². The van der Waals surface area contributed by atoms with Gasteiger partial charge in [0, 0.05) is 45.0 Å². The fourth-order valence-electron chi connectivity index (χ4n) is 2.87. The number of anilines is 1. The van der Waals surface area contributed by atoms with Crippen molar-refractivity contribution in [2.75, 3.05) is 37.7 Å². The average Bonchev–Trinajstić information content (AvgIpc) is 3.14. The summed E-state index contributed by atoms with van der Waals surface area (Å²) in [7, 11) is 0. The number of nitro groups is 1. The number of benzene rings is 1. The van der Waals surface area contributed by atoms with Gasteiger partial charge in [-0.05, 0) is 31.7 Å². The highest BCUT2D eigenvalue weighted by Gasteiger charge is 2.22. The molecule has 7 nitrogen and oxygen atoms in total. The van der Waals surface area contributed by atoms with E-state index in [9.17, 15) is 14.9 Å². The third kappa shape index (κ3) is 5.70. The van der Waals surface area contributed by atoms with Crippen LogP contribution in [0.25, 0.3) is 0 Å². The molecule has 0 radical (unpaired) electrons. The smallest absolute Gasteiger partial charge is 0.270 e. The van der Waals surface area contributed by atoms with Gasteiger partial charge < -0.3 is 15.0 Å². The van der Waals surface area contributed by atoms with Gasteiger partial charge in [0.05, 0.1) is 16.2 Å².